The Morgan fingerprint density at radius 3 is 2.53 bits per heavy atom. The van der Waals surface area contributed by atoms with E-state index in [1.165, 1.54) is 6.07 Å². The Morgan fingerprint density at radius 2 is 2.00 bits per heavy atom. The van der Waals surface area contributed by atoms with E-state index in [0.29, 0.717) is 12.0 Å². The van der Waals surface area contributed by atoms with Crippen molar-refractivity contribution < 1.29 is 9.50 Å². The van der Waals surface area contributed by atoms with E-state index in [1.807, 2.05) is 20.0 Å². The number of anilines is 1. The standard InChI is InChI=1S/C15H25FN2O/c1-11(2)18(9-6-10-19)14-8-5-7-13(16)15(14)12(3)17-4/h5,7-8,11-12,17,19H,6,9-10H2,1-4H3. The van der Waals surface area contributed by atoms with Crippen LogP contribution >= 0.6 is 0 Å². The molecule has 0 fully saturated rings. The number of nitrogens with zero attached hydrogens (tertiary/aromatic N) is 1. The first-order chi connectivity index (χ1) is 9.02. The van der Waals surface area contributed by atoms with Crippen LogP contribution in [0.1, 0.15) is 38.8 Å². The lowest BCUT2D eigenvalue weighted by Crippen LogP contribution is -2.34. The van der Waals surface area contributed by atoms with Gasteiger partial charge in [-0.05, 0) is 46.4 Å². The third-order valence-electron chi connectivity index (χ3n) is 3.39. The fourth-order valence-corrected chi connectivity index (χ4v) is 2.25. The summed E-state index contributed by atoms with van der Waals surface area (Å²) in [5.74, 6) is -0.186. The third kappa shape index (κ3) is 3.91. The van der Waals surface area contributed by atoms with Crippen LogP contribution in [0.4, 0.5) is 10.1 Å². The van der Waals surface area contributed by atoms with Gasteiger partial charge in [0, 0.05) is 36.5 Å². The zero-order chi connectivity index (χ0) is 14.4. The summed E-state index contributed by atoms with van der Waals surface area (Å²) in [6.45, 7) is 6.98. The highest BCUT2D eigenvalue weighted by Crippen LogP contribution is 2.30. The van der Waals surface area contributed by atoms with Crippen molar-refractivity contribution in [2.45, 2.75) is 39.3 Å². The predicted molar refractivity (Wildman–Crippen MR) is 78.1 cm³/mol. The normalized spacial score (nSPS) is 12.8. The molecule has 4 heteroatoms. The van der Waals surface area contributed by atoms with Crippen LogP contribution < -0.4 is 10.2 Å². The lowest BCUT2D eigenvalue weighted by atomic mass is 10.0. The summed E-state index contributed by atoms with van der Waals surface area (Å²) in [6.07, 6.45) is 0.683. The van der Waals surface area contributed by atoms with Gasteiger partial charge in [0.05, 0.1) is 0 Å². The second-order valence-corrected chi connectivity index (χ2v) is 5.05. The highest BCUT2D eigenvalue weighted by molar-refractivity contribution is 5.56. The molecule has 0 aliphatic heterocycles. The number of hydrogen-bond donors (Lipinski definition) is 2. The molecule has 0 aliphatic rings. The van der Waals surface area contributed by atoms with Crippen molar-refractivity contribution in [2.24, 2.45) is 0 Å². The molecule has 0 aliphatic carbocycles. The summed E-state index contributed by atoms with van der Waals surface area (Å²) < 4.78 is 14.1. The van der Waals surface area contributed by atoms with Crippen molar-refractivity contribution in [3.05, 3.63) is 29.6 Å². The minimum atomic E-state index is -0.186. The number of hydrogen-bond acceptors (Lipinski definition) is 3. The van der Waals surface area contributed by atoms with E-state index in [1.54, 1.807) is 6.07 Å². The van der Waals surface area contributed by atoms with Crippen molar-refractivity contribution in [1.29, 1.82) is 0 Å². The SMILES string of the molecule is CNC(C)c1c(F)cccc1N(CCCO)C(C)C. The van der Waals surface area contributed by atoms with Gasteiger partial charge in [-0.25, -0.2) is 4.39 Å². The zero-order valence-corrected chi connectivity index (χ0v) is 12.3. The van der Waals surface area contributed by atoms with Gasteiger partial charge in [-0.2, -0.15) is 0 Å². The Morgan fingerprint density at radius 1 is 1.32 bits per heavy atom. The molecule has 1 unspecified atom stereocenters. The van der Waals surface area contributed by atoms with Gasteiger partial charge in [-0.1, -0.05) is 6.07 Å². The number of nitrogens with one attached hydrogen (secondary N) is 1. The van der Waals surface area contributed by atoms with Gasteiger partial charge < -0.3 is 15.3 Å². The molecular weight excluding hydrogens is 243 g/mol. The van der Waals surface area contributed by atoms with Crippen LogP contribution in [0.25, 0.3) is 0 Å². The van der Waals surface area contributed by atoms with Crippen LogP contribution in [0.3, 0.4) is 0 Å². The topological polar surface area (TPSA) is 35.5 Å². The van der Waals surface area contributed by atoms with E-state index in [4.69, 9.17) is 5.11 Å². The molecule has 19 heavy (non-hydrogen) atoms. The van der Waals surface area contributed by atoms with Gasteiger partial charge in [0.15, 0.2) is 0 Å². The Balaban J connectivity index is 3.18. The van der Waals surface area contributed by atoms with Crippen LogP contribution in [0, 0.1) is 5.82 Å². The first-order valence-electron chi connectivity index (χ1n) is 6.86. The molecule has 0 heterocycles. The average molecular weight is 268 g/mol. The van der Waals surface area contributed by atoms with E-state index >= 15 is 0 Å². The van der Waals surface area contributed by atoms with Crippen molar-refractivity contribution in [2.75, 3.05) is 25.1 Å². The van der Waals surface area contributed by atoms with Crippen molar-refractivity contribution >= 4 is 5.69 Å². The third-order valence-corrected chi connectivity index (χ3v) is 3.39. The minimum absolute atomic E-state index is 0.0495. The maximum atomic E-state index is 14.1. The highest BCUT2D eigenvalue weighted by atomic mass is 19.1. The van der Waals surface area contributed by atoms with Crippen LogP contribution in [0.2, 0.25) is 0 Å². The number of aliphatic hydroxyl groups excluding tert-OH is 1. The van der Waals surface area contributed by atoms with Crippen molar-refractivity contribution in [3.8, 4) is 0 Å². The fourth-order valence-electron chi connectivity index (χ4n) is 2.25. The van der Waals surface area contributed by atoms with Gasteiger partial charge >= 0.3 is 0 Å². The molecule has 0 amide bonds. The van der Waals surface area contributed by atoms with Gasteiger partial charge in [0.25, 0.3) is 0 Å². The lowest BCUT2D eigenvalue weighted by molar-refractivity contribution is 0.288. The molecule has 1 aromatic carbocycles. The quantitative estimate of drug-likeness (QED) is 0.798. The van der Waals surface area contributed by atoms with Crippen LogP contribution in [0.5, 0.6) is 0 Å². The summed E-state index contributed by atoms with van der Waals surface area (Å²) in [7, 11) is 1.83. The van der Waals surface area contributed by atoms with E-state index in [2.05, 4.69) is 24.1 Å². The Labute approximate surface area is 115 Å². The molecule has 1 aromatic rings. The Kier molecular flexibility index (Phi) is 6.25. The van der Waals surface area contributed by atoms with E-state index in [9.17, 15) is 4.39 Å². The van der Waals surface area contributed by atoms with Crippen LogP contribution in [-0.2, 0) is 0 Å². The first-order valence-corrected chi connectivity index (χ1v) is 6.86. The molecule has 0 saturated carbocycles. The molecule has 3 nitrogen and oxygen atoms in total. The molecule has 1 rings (SSSR count). The maximum absolute atomic E-state index is 14.1. The predicted octanol–water partition coefficient (Wildman–Crippen LogP) is 2.70. The summed E-state index contributed by atoms with van der Waals surface area (Å²) in [5, 5.41) is 12.1. The second kappa shape index (κ2) is 7.46. The number of aliphatic hydroxyl groups is 1. The monoisotopic (exact) mass is 268 g/mol. The molecule has 108 valence electrons. The summed E-state index contributed by atoms with van der Waals surface area (Å²) in [4.78, 5) is 2.14. The molecular formula is C15H25FN2O. The number of benzene rings is 1. The highest BCUT2D eigenvalue weighted by Gasteiger charge is 2.20. The van der Waals surface area contributed by atoms with Gasteiger partial charge in [-0.15, -0.1) is 0 Å². The van der Waals surface area contributed by atoms with Crippen molar-refractivity contribution in [3.63, 3.8) is 0 Å². The first kappa shape index (κ1) is 15.9. The average Bonchev–Trinajstić information content (AvgIpc) is 2.38. The molecule has 0 bridgehead atoms. The van der Waals surface area contributed by atoms with Crippen LogP contribution in [0.15, 0.2) is 18.2 Å². The largest absolute Gasteiger partial charge is 0.396 e. The molecule has 2 N–H and O–H groups in total. The Bertz CT molecular complexity index is 396. The molecule has 1 atom stereocenters. The molecule has 0 aromatic heterocycles. The molecule has 0 spiro atoms. The summed E-state index contributed by atoms with van der Waals surface area (Å²) in [6, 6.07) is 5.40. The fraction of sp³-hybridized carbons (Fsp3) is 0.600. The van der Waals surface area contributed by atoms with E-state index in [-0.39, 0.29) is 24.5 Å². The Hall–Kier alpha value is -1.13. The van der Waals surface area contributed by atoms with E-state index in [0.717, 1.165) is 12.2 Å². The van der Waals surface area contributed by atoms with Gasteiger partial charge in [0.1, 0.15) is 5.82 Å². The maximum Gasteiger partial charge on any atom is 0.130 e. The number of halogens is 1. The second-order valence-electron chi connectivity index (χ2n) is 5.05. The summed E-state index contributed by atoms with van der Waals surface area (Å²) in [5.41, 5.74) is 1.60. The molecule has 0 radical (unpaired) electrons. The minimum Gasteiger partial charge on any atom is -0.396 e. The van der Waals surface area contributed by atoms with Crippen molar-refractivity contribution in [1.82, 2.24) is 5.32 Å². The van der Waals surface area contributed by atoms with Gasteiger partial charge in [-0.3, -0.25) is 0 Å². The summed E-state index contributed by atoms with van der Waals surface area (Å²) >= 11 is 0. The zero-order valence-electron chi connectivity index (χ0n) is 12.3. The van der Waals surface area contributed by atoms with Gasteiger partial charge in [0.2, 0.25) is 0 Å². The lowest BCUT2D eigenvalue weighted by Gasteiger charge is -2.32. The molecule has 0 saturated heterocycles. The van der Waals surface area contributed by atoms with E-state index < -0.39 is 0 Å². The van der Waals surface area contributed by atoms with Crippen LogP contribution in [-0.4, -0.2) is 31.3 Å². The number of rotatable bonds is 7. The smallest absolute Gasteiger partial charge is 0.130 e.